The van der Waals surface area contributed by atoms with Crippen LogP contribution in [-0.4, -0.2) is 58.3 Å². The minimum absolute atomic E-state index is 0.187. The van der Waals surface area contributed by atoms with E-state index in [4.69, 9.17) is 5.11 Å². The van der Waals surface area contributed by atoms with Gasteiger partial charge in [0.25, 0.3) is 0 Å². The average Bonchev–Trinajstić information content (AvgIpc) is 2.80. The van der Waals surface area contributed by atoms with Gasteiger partial charge in [-0.25, -0.2) is 0 Å². The summed E-state index contributed by atoms with van der Waals surface area (Å²) in [5, 5.41) is 20.6. The maximum absolute atomic E-state index is 8.80. The van der Waals surface area contributed by atoms with Crippen LogP contribution >= 0.6 is 0 Å². The van der Waals surface area contributed by atoms with Crippen LogP contribution in [0, 0.1) is 5.92 Å². The highest BCUT2D eigenvalue weighted by atomic mass is 16.3. The van der Waals surface area contributed by atoms with Gasteiger partial charge in [0, 0.05) is 38.5 Å². The smallest absolute Gasteiger partial charge is 0.0964 e. The van der Waals surface area contributed by atoms with E-state index in [1.54, 1.807) is 4.68 Å². The molecule has 0 saturated carbocycles. The second-order valence-corrected chi connectivity index (χ2v) is 6.02. The molecule has 6 nitrogen and oxygen atoms in total. The summed E-state index contributed by atoms with van der Waals surface area (Å²) in [7, 11) is 4.19. The first-order valence-electron chi connectivity index (χ1n) is 7.39. The Morgan fingerprint density at radius 2 is 2.15 bits per heavy atom. The lowest BCUT2D eigenvalue weighted by molar-refractivity contribution is 0.276. The number of likely N-dealkylation sites (N-methyl/N-ethyl adjacent to an activating group) is 1. The number of hydrogen-bond donors (Lipinski definition) is 2. The summed E-state index contributed by atoms with van der Waals surface area (Å²) in [6, 6.07) is 0.465. The zero-order chi connectivity index (χ0) is 15.0. The summed E-state index contributed by atoms with van der Waals surface area (Å²) >= 11 is 0. The van der Waals surface area contributed by atoms with Crippen molar-refractivity contribution in [3.8, 4) is 0 Å². The van der Waals surface area contributed by atoms with Crippen LogP contribution in [0.4, 0.5) is 0 Å². The molecule has 1 heterocycles. The van der Waals surface area contributed by atoms with E-state index in [-0.39, 0.29) is 6.61 Å². The normalized spacial score (nSPS) is 13.3. The fourth-order valence-electron chi connectivity index (χ4n) is 2.24. The van der Waals surface area contributed by atoms with Crippen LogP contribution in [-0.2, 0) is 13.1 Å². The third kappa shape index (κ3) is 6.98. The fraction of sp³-hybridized carbons (Fsp3) is 0.857. The second-order valence-electron chi connectivity index (χ2n) is 6.02. The summed E-state index contributed by atoms with van der Waals surface area (Å²) in [5.74, 6) is 0.674. The van der Waals surface area contributed by atoms with Crippen LogP contribution in [0.3, 0.4) is 0 Å². The third-order valence-electron chi connectivity index (χ3n) is 3.04. The zero-order valence-electron chi connectivity index (χ0n) is 13.2. The van der Waals surface area contributed by atoms with Crippen molar-refractivity contribution >= 4 is 0 Å². The molecule has 0 radical (unpaired) electrons. The SMILES string of the molecule is CC(C)CC(CN(C)C)NCc1cn(CCCO)nn1. The fourth-order valence-corrected chi connectivity index (χ4v) is 2.24. The molecular weight excluding hydrogens is 254 g/mol. The Morgan fingerprint density at radius 3 is 2.75 bits per heavy atom. The van der Waals surface area contributed by atoms with E-state index >= 15 is 0 Å². The molecule has 1 aromatic heterocycles. The first-order valence-corrected chi connectivity index (χ1v) is 7.39. The Labute approximate surface area is 122 Å². The van der Waals surface area contributed by atoms with Crippen LogP contribution in [0.2, 0.25) is 0 Å². The molecule has 0 aliphatic rings. The first-order chi connectivity index (χ1) is 9.51. The Balaban J connectivity index is 2.43. The van der Waals surface area contributed by atoms with Crippen molar-refractivity contribution in [1.82, 2.24) is 25.2 Å². The quantitative estimate of drug-likeness (QED) is 0.662. The summed E-state index contributed by atoms with van der Waals surface area (Å²) < 4.78 is 1.79. The highest BCUT2D eigenvalue weighted by Crippen LogP contribution is 2.06. The molecule has 1 atom stereocenters. The van der Waals surface area contributed by atoms with Crippen LogP contribution in [0.1, 0.15) is 32.4 Å². The number of nitrogens with one attached hydrogen (secondary N) is 1. The van der Waals surface area contributed by atoms with E-state index < -0.39 is 0 Å². The molecule has 0 saturated heterocycles. The van der Waals surface area contributed by atoms with Crippen molar-refractivity contribution in [2.45, 2.75) is 45.8 Å². The third-order valence-corrected chi connectivity index (χ3v) is 3.04. The van der Waals surface area contributed by atoms with Gasteiger partial charge in [0.2, 0.25) is 0 Å². The summed E-state index contributed by atoms with van der Waals surface area (Å²) in [6.45, 7) is 7.16. The Hall–Kier alpha value is -0.980. The molecule has 0 spiro atoms. The van der Waals surface area contributed by atoms with Crippen LogP contribution in [0.5, 0.6) is 0 Å². The van der Waals surface area contributed by atoms with Crippen molar-refractivity contribution in [3.63, 3.8) is 0 Å². The molecule has 0 amide bonds. The van der Waals surface area contributed by atoms with Gasteiger partial charge >= 0.3 is 0 Å². The van der Waals surface area contributed by atoms with Gasteiger partial charge in [0.05, 0.1) is 5.69 Å². The average molecular weight is 283 g/mol. The predicted molar refractivity (Wildman–Crippen MR) is 80.4 cm³/mol. The maximum Gasteiger partial charge on any atom is 0.0964 e. The lowest BCUT2D eigenvalue weighted by Gasteiger charge is -2.23. The van der Waals surface area contributed by atoms with Crippen molar-refractivity contribution in [3.05, 3.63) is 11.9 Å². The number of rotatable bonds is 10. The topological polar surface area (TPSA) is 66.2 Å². The molecule has 0 aromatic carbocycles. The number of hydrogen-bond acceptors (Lipinski definition) is 5. The molecule has 1 rings (SSSR count). The largest absolute Gasteiger partial charge is 0.396 e. The molecule has 20 heavy (non-hydrogen) atoms. The Morgan fingerprint density at radius 1 is 1.40 bits per heavy atom. The van der Waals surface area contributed by atoms with Gasteiger partial charge in [-0.1, -0.05) is 19.1 Å². The van der Waals surface area contributed by atoms with E-state index in [1.807, 2.05) is 6.20 Å². The lowest BCUT2D eigenvalue weighted by Crippen LogP contribution is -2.38. The summed E-state index contributed by atoms with van der Waals surface area (Å²) in [6.07, 6.45) is 3.81. The monoisotopic (exact) mass is 283 g/mol. The minimum atomic E-state index is 0.187. The maximum atomic E-state index is 8.80. The van der Waals surface area contributed by atoms with E-state index in [0.717, 1.165) is 31.7 Å². The molecule has 0 bridgehead atoms. The Bertz CT molecular complexity index is 354. The highest BCUT2D eigenvalue weighted by molar-refractivity contribution is 4.92. The standard InChI is InChI=1S/C14H29N5O/c1-12(2)8-13(10-18(3)4)15-9-14-11-19(17-16-14)6-5-7-20/h11-13,15,20H,5-10H2,1-4H3. The number of aliphatic hydroxyl groups is 1. The van der Waals surface area contributed by atoms with Gasteiger partial charge in [0.15, 0.2) is 0 Å². The number of aliphatic hydroxyl groups excluding tert-OH is 1. The van der Waals surface area contributed by atoms with Crippen molar-refractivity contribution in [2.24, 2.45) is 5.92 Å². The molecule has 0 aliphatic heterocycles. The summed E-state index contributed by atoms with van der Waals surface area (Å²) in [5.41, 5.74) is 0.954. The van der Waals surface area contributed by atoms with E-state index in [0.29, 0.717) is 18.4 Å². The van der Waals surface area contributed by atoms with Gasteiger partial charge in [0.1, 0.15) is 0 Å². The first kappa shape index (κ1) is 17.1. The van der Waals surface area contributed by atoms with Gasteiger partial charge in [-0.05, 0) is 32.9 Å². The molecule has 1 unspecified atom stereocenters. The van der Waals surface area contributed by atoms with Crippen LogP contribution in [0.15, 0.2) is 6.20 Å². The van der Waals surface area contributed by atoms with Gasteiger partial charge in [-0.3, -0.25) is 4.68 Å². The molecule has 6 heteroatoms. The van der Waals surface area contributed by atoms with Gasteiger partial charge < -0.3 is 15.3 Å². The minimum Gasteiger partial charge on any atom is -0.396 e. The number of aryl methyl sites for hydroxylation is 1. The number of nitrogens with zero attached hydrogens (tertiary/aromatic N) is 4. The predicted octanol–water partition coefficient (Wildman–Crippen LogP) is 0.726. The van der Waals surface area contributed by atoms with Gasteiger partial charge in [-0.2, -0.15) is 0 Å². The molecule has 2 N–H and O–H groups in total. The highest BCUT2D eigenvalue weighted by Gasteiger charge is 2.12. The molecule has 0 aliphatic carbocycles. The Kier molecular flexibility index (Phi) is 7.72. The zero-order valence-corrected chi connectivity index (χ0v) is 13.2. The van der Waals surface area contributed by atoms with E-state index in [2.05, 4.69) is 48.5 Å². The van der Waals surface area contributed by atoms with E-state index in [9.17, 15) is 0 Å². The molecule has 1 aromatic rings. The second kappa shape index (κ2) is 9.05. The molecule has 116 valence electrons. The lowest BCUT2D eigenvalue weighted by atomic mass is 10.0. The van der Waals surface area contributed by atoms with Crippen LogP contribution < -0.4 is 5.32 Å². The van der Waals surface area contributed by atoms with Crippen LogP contribution in [0.25, 0.3) is 0 Å². The molecular formula is C14H29N5O. The van der Waals surface area contributed by atoms with Crippen molar-refractivity contribution in [2.75, 3.05) is 27.2 Å². The number of aromatic nitrogens is 3. The van der Waals surface area contributed by atoms with Crippen molar-refractivity contribution < 1.29 is 5.11 Å². The van der Waals surface area contributed by atoms with Crippen molar-refractivity contribution in [1.29, 1.82) is 0 Å². The van der Waals surface area contributed by atoms with E-state index in [1.165, 1.54) is 0 Å². The molecule has 0 fully saturated rings. The van der Waals surface area contributed by atoms with Gasteiger partial charge in [-0.15, -0.1) is 5.10 Å². The summed E-state index contributed by atoms with van der Waals surface area (Å²) in [4.78, 5) is 2.21.